The van der Waals surface area contributed by atoms with Gasteiger partial charge in [-0.2, -0.15) is 0 Å². The van der Waals surface area contributed by atoms with Gasteiger partial charge < -0.3 is 19.3 Å². The summed E-state index contributed by atoms with van der Waals surface area (Å²) in [6.07, 6.45) is 5.14. The summed E-state index contributed by atoms with van der Waals surface area (Å²) in [5.41, 5.74) is 2.66. The first-order valence-corrected chi connectivity index (χ1v) is 11.2. The van der Waals surface area contributed by atoms with Crippen LogP contribution in [-0.4, -0.2) is 54.2 Å². The lowest BCUT2D eigenvalue weighted by Crippen LogP contribution is -2.23. The summed E-state index contributed by atoms with van der Waals surface area (Å²) >= 11 is 0. The van der Waals surface area contributed by atoms with Crippen molar-refractivity contribution in [3.63, 3.8) is 0 Å². The molecular weight excluding hydrogens is 440 g/mol. The molecule has 1 saturated carbocycles. The van der Waals surface area contributed by atoms with Crippen molar-refractivity contribution in [2.45, 2.75) is 51.7 Å². The second-order valence-electron chi connectivity index (χ2n) is 8.27. The van der Waals surface area contributed by atoms with Gasteiger partial charge in [-0.05, 0) is 44.7 Å². The Balaban J connectivity index is 1.49. The van der Waals surface area contributed by atoms with Gasteiger partial charge in [-0.25, -0.2) is 19.6 Å². The molecule has 0 aliphatic heterocycles. The average Bonchev–Trinajstić information content (AvgIpc) is 3.03. The van der Waals surface area contributed by atoms with Crippen molar-refractivity contribution in [1.29, 1.82) is 0 Å². The third kappa shape index (κ3) is 5.41. The summed E-state index contributed by atoms with van der Waals surface area (Å²) in [6.45, 7) is 2.04. The molecule has 0 saturated heterocycles. The molecule has 0 aromatic carbocycles. The van der Waals surface area contributed by atoms with Crippen molar-refractivity contribution < 1.29 is 24.1 Å². The number of aromatic nitrogens is 6. The van der Waals surface area contributed by atoms with Gasteiger partial charge in [-0.3, -0.25) is 4.79 Å². The lowest BCUT2D eigenvalue weighted by atomic mass is 9.99. The van der Waals surface area contributed by atoms with E-state index in [0.29, 0.717) is 47.4 Å². The Hall–Kier alpha value is -3.76. The van der Waals surface area contributed by atoms with E-state index in [1.165, 1.54) is 13.4 Å². The van der Waals surface area contributed by atoms with Crippen molar-refractivity contribution >= 4 is 5.97 Å². The van der Waals surface area contributed by atoms with Gasteiger partial charge in [0.15, 0.2) is 0 Å². The SMILES string of the molecule is COc1cc(OCc2c(-c3ccc(OC4CCCCC(C(=O)O)C4)c(C)n3)nnn2C)ncn1. The molecule has 1 fully saturated rings. The Labute approximate surface area is 197 Å². The summed E-state index contributed by atoms with van der Waals surface area (Å²) < 4.78 is 18.7. The number of carboxylic acids is 1. The van der Waals surface area contributed by atoms with Gasteiger partial charge in [-0.15, -0.1) is 5.10 Å². The van der Waals surface area contributed by atoms with E-state index in [1.807, 2.05) is 19.1 Å². The lowest BCUT2D eigenvalue weighted by Gasteiger charge is -2.20. The van der Waals surface area contributed by atoms with Gasteiger partial charge in [0, 0.05) is 7.05 Å². The van der Waals surface area contributed by atoms with E-state index in [0.717, 1.165) is 25.0 Å². The van der Waals surface area contributed by atoms with Crippen LogP contribution in [0.2, 0.25) is 0 Å². The Bertz CT molecular complexity index is 1150. The molecule has 1 aliphatic rings. The number of aliphatic carboxylic acids is 1. The van der Waals surface area contributed by atoms with Crippen LogP contribution in [0.1, 0.15) is 43.5 Å². The largest absolute Gasteiger partial charge is 0.489 e. The number of hydrogen-bond acceptors (Lipinski definition) is 9. The lowest BCUT2D eigenvalue weighted by molar-refractivity contribution is -0.142. The van der Waals surface area contributed by atoms with Crippen LogP contribution in [0.4, 0.5) is 0 Å². The maximum Gasteiger partial charge on any atom is 0.306 e. The van der Waals surface area contributed by atoms with Gasteiger partial charge in [-0.1, -0.05) is 11.6 Å². The molecule has 3 aromatic heterocycles. The number of carboxylic acid groups (broad SMARTS) is 1. The molecule has 11 heteroatoms. The predicted molar refractivity (Wildman–Crippen MR) is 121 cm³/mol. The number of rotatable bonds is 8. The molecule has 180 valence electrons. The highest BCUT2D eigenvalue weighted by Crippen LogP contribution is 2.30. The number of ether oxygens (including phenoxy) is 3. The van der Waals surface area contributed by atoms with E-state index in [2.05, 4.69) is 25.3 Å². The number of carbonyl (C=O) groups is 1. The Morgan fingerprint density at radius 2 is 2.00 bits per heavy atom. The first-order valence-electron chi connectivity index (χ1n) is 11.2. The summed E-state index contributed by atoms with van der Waals surface area (Å²) in [5, 5.41) is 17.8. The molecule has 2 atom stereocenters. The highest BCUT2D eigenvalue weighted by Gasteiger charge is 2.27. The molecule has 1 N–H and O–H groups in total. The quantitative estimate of drug-likeness (QED) is 0.492. The highest BCUT2D eigenvalue weighted by atomic mass is 16.5. The second kappa shape index (κ2) is 10.4. The molecule has 1 aliphatic carbocycles. The fourth-order valence-electron chi connectivity index (χ4n) is 4.02. The minimum atomic E-state index is -0.751. The van der Waals surface area contributed by atoms with Crippen LogP contribution in [0, 0.1) is 12.8 Å². The topological polar surface area (TPSA) is 134 Å². The zero-order valence-corrected chi connectivity index (χ0v) is 19.5. The molecule has 2 unspecified atom stereocenters. The van der Waals surface area contributed by atoms with E-state index in [9.17, 15) is 9.90 Å². The van der Waals surface area contributed by atoms with Crippen LogP contribution >= 0.6 is 0 Å². The monoisotopic (exact) mass is 468 g/mol. The Morgan fingerprint density at radius 3 is 2.76 bits per heavy atom. The third-order valence-electron chi connectivity index (χ3n) is 5.92. The molecule has 4 rings (SSSR count). The standard InChI is InChI=1S/C23H28N6O5/c1-14-19(34-16-7-5-4-6-15(10-16)23(30)31)9-8-17(26-14)22-18(29(2)28-27-22)12-33-21-11-20(32-3)24-13-25-21/h8-9,11,13,15-16H,4-7,10,12H2,1-3H3,(H,30,31). The minimum absolute atomic E-state index is 0.139. The molecule has 11 nitrogen and oxygen atoms in total. The maximum atomic E-state index is 11.5. The minimum Gasteiger partial charge on any atom is -0.489 e. The Morgan fingerprint density at radius 1 is 1.21 bits per heavy atom. The molecule has 0 radical (unpaired) electrons. The molecule has 3 heterocycles. The van der Waals surface area contributed by atoms with Gasteiger partial charge in [0.1, 0.15) is 30.1 Å². The summed E-state index contributed by atoms with van der Waals surface area (Å²) in [6, 6.07) is 5.28. The van der Waals surface area contributed by atoms with E-state index in [-0.39, 0.29) is 18.6 Å². The first kappa shape index (κ1) is 23.4. The zero-order valence-electron chi connectivity index (χ0n) is 19.5. The first-order chi connectivity index (χ1) is 16.4. The predicted octanol–water partition coefficient (Wildman–Crippen LogP) is 2.98. The normalized spacial score (nSPS) is 18.2. The van der Waals surface area contributed by atoms with Crippen LogP contribution < -0.4 is 14.2 Å². The number of aryl methyl sites for hydroxylation is 2. The van der Waals surface area contributed by atoms with Crippen molar-refractivity contribution in [2.75, 3.05) is 7.11 Å². The van der Waals surface area contributed by atoms with Crippen molar-refractivity contribution in [1.82, 2.24) is 29.9 Å². The van der Waals surface area contributed by atoms with Gasteiger partial charge >= 0.3 is 5.97 Å². The smallest absolute Gasteiger partial charge is 0.306 e. The summed E-state index contributed by atoms with van der Waals surface area (Å²) in [5.74, 6) is 0.310. The van der Waals surface area contributed by atoms with E-state index in [1.54, 1.807) is 17.8 Å². The number of nitrogens with zero attached hydrogens (tertiary/aromatic N) is 6. The van der Waals surface area contributed by atoms with Crippen LogP contribution in [-0.2, 0) is 18.4 Å². The third-order valence-corrected chi connectivity index (χ3v) is 5.92. The molecule has 0 bridgehead atoms. The zero-order chi connectivity index (χ0) is 24.1. The fourth-order valence-corrected chi connectivity index (χ4v) is 4.02. The summed E-state index contributed by atoms with van der Waals surface area (Å²) in [4.78, 5) is 24.2. The molecule has 34 heavy (non-hydrogen) atoms. The van der Waals surface area contributed by atoms with E-state index < -0.39 is 5.97 Å². The maximum absolute atomic E-state index is 11.5. The molecule has 0 spiro atoms. The van der Waals surface area contributed by atoms with Crippen LogP contribution in [0.15, 0.2) is 24.5 Å². The van der Waals surface area contributed by atoms with E-state index >= 15 is 0 Å². The Kier molecular flexibility index (Phi) is 7.19. The number of methoxy groups -OCH3 is 1. The molecular formula is C23H28N6O5. The highest BCUT2D eigenvalue weighted by molar-refractivity contribution is 5.70. The number of pyridine rings is 1. The van der Waals surface area contributed by atoms with Gasteiger partial charge in [0.2, 0.25) is 11.8 Å². The molecule has 3 aromatic rings. The van der Waals surface area contributed by atoms with Gasteiger partial charge in [0.05, 0.1) is 36.6 Å². The molecule has 0 amide bonds. The van der Waals surface area contributed by atoms with Crippen LogP contribution in [0.5, 0.6) is 17.5 Å². The van der Waals surface area contributed by atoms with Crippen LogP contribution in [0.25, 0.3) is 11.4 Å². The van der Waals surface area contributed by atoms with Crippen molar-refractivity contribution in [2.24, 2.45) is 13.0 Å². The van der Waals surface area contributed by atoms with Crippen molar-refractivity contribution in [3.8, 4) is 28.9 Å². The van der Waals surface area contributed by atoms with E-state index in [4.69, 9.17) is 14.2 Å². The second-order valence-corrected chi connectivity index (χ2v) is 8.27. The summed E-state index contributed by atoms with van der Waals surface area (Å²) in [7, 11) is 3.31. The van der Waals surface area contributed by atoms with Gasteiger partial charge in [0.25, 0.3) is 0 Å². The van der Waals surface area contributed by atoms with Crippen LogP contribution in [0.3, 0.4) is 0 Å². The fraction of sp³-hybridized carbons (Fsp3) is 0.478. The van der Waals surface area contributed by atoms with Crippen molar-refractivity contribution in [3.05, 3.63) is 35.9 Å². The average molecular weight is 469 g/mol. The number of hydrogen-bond donors (Lipinski definition) is 1.